The topological polar surface area (TPSA) is 79.5 Å². The van der Waals surface area contributed by atoms with Crippen LogP contribution in [0.1, 0.15) is 51.1 Å². The van der Waals surface area contributed by atoms with E-state index in [1.54, 1.807) is 35.6 Å². The third-order valence-electron chi connectivity index (χ3n) is 7.20. The number of aryl methyl sites for hydroxylation is 2. The van der Waals surface area contributed by atoms with E-state index in [4.69, 9.17) is 0 Å². The molecule has 0 bridgehead atoms. The molecular formula is C28H31F4N7O. The summed E-state index contributed by atoms with van der Waals surface area (Å²) in [5.41, 5.74) is 7.38. The fourth-order valence-corrected chi connectivity index (χ4v) is 4.99. The van der Waals surface area contributed by atoms with Crippen LogP contribution in [0.4, 0.5) is 28.9 Å². The molecule has 1 aromatic heterocycles. The van der Waals surface area contributed by atoms with Crippen molar-refractivity contribution >= 4 is 23.0 Å². The molecule has 0 radical (unpaired) electrons. The lowest BCUT2D eigenvalue weighted by Gasteiger charge is -2.28. The fraction of sp³-hybridized carbons (Fsp3) is 0.357. The van der Waals surface area contributed by atoms with Crippen molar-refractivity contribution in [1.82, 2.24) is 25.6 Å². The van der Waals surface area contributed by atoms with Gasteiger partial charge in [0.05, 0.1) is 23.1 Å². The van der Waals surface area contributed by atoms with Crippen molar-refractivity contribution in [1.29, 1.82) is 0 Å². The maximum Gasteiger partial charge on any atom is 0.416 e. The number of aromatic amines is 1. The van der Waals surface area contributed by atoms with Crippen molar-refractivity contribution in [3.63, 3.8) is 0 Å². The first kappa shape index (κ1) is 27.7. The van der Waals surface area contributed by atoms with Gasteiger partial charge in [0.25, 0.3) is 5.91 Å². The Hall–Kier alpha value is -3.90. The number of alkyl halides is 4. The smallest absolute Gasteiger partial charge is 0.322 e. The number of anilines is 2. The maximum atomic E-state index is 13.7. The van der Waals surface area contributed by atoms with Gasteiger partial charge in [-0.25, -0.2) is 4.39 Å². The zero-order valence-corrected chi connectivity index (χ0v) is 22.4. The summed E-state index contributed by atoms with van der Waals surface area (Å²) in [4.78, 5) is 15.2. The molecular weight excluding hydrogens is 526 g/mol. The van der Waals surface area contributed by atoms with Gasteiger partial charge in [-0.3, -0.25) is 25.2 Å². The van der Waals surface area contributed by atoms with Gasteiger partial charge in [0, 0.05) is 55.4 Å². The lowest BCUT2D eigenvalue weighted by Crippen LogP contribution is -2.39. The van der Waals surface area contributed by atoms with E-state index in [0.29, 0.717) is 37.1 Å². The molecule has 1 amide bonds. The first-order valence-corrected chi connectivity index (χ1v) is 13.0. The van der Waals surface area contributed by atoms with E-state index in [1.807, 2.05) is 37.0 Å². The highest BCUT2D eigenvalue weighted by molar-refractivity contribution is 6.05. The molecule has 0 spiro atoms. The number of carbonyl (C=O) groups is 1. The molecule has 12 heteroatoms. The molecule has 1 saturated heterocycles. The van der Waals surface area contributed by atoms with E-state index >= 15 is 0 Å². The van der Waals surface area contributed by atoms with Crippen LogP contribution in [0.5, 0.6) is 0 Å². The van der Waals surface area contributed by atoms with E-state index in [9.17, 15) is 22.4 Å². The molecule has 0 saturated carbocycles. The Kier molecular flexibility index (Phi) is 7.56. The third kappa shape index (κ3) is 5.97. The third-order valence-corrected chi connectivity index (χ3v) is 7.20. The van der Waals surface area contributed by atoms with E-state index in [2.05, 4.69) is 20.9 Å². The van der Waals surface area contributed by atoms with E-state index in [0.717, 1.165) is 40.3 Å². The summed E-state index contributed by atoms with van der Waals surface area (Å²) in [7, 11) is 1.82. The largest absolute Gasteiger partial charge is 0.416 e. The molecule has 0 atom stereocenters. The van der Waals surface area contributed by atoms with Gasteiger partial charge in [0.15, 0.2) is 0 Å². The number of H-pyrrole nitrogens is 1. The van der Waals surface area contributed by atoms with Crippen molar-refractivity contribution in [3.8, 4) is 0 Å². The van der Waals surface area contributed by atoms with Crippen LogP contribution >= 0.6 is 0 Å². The Morgan fingerprint density at radius 2 is 1.88 bits per heavy atom. The van der Waals surface area contributed by atoms with Crippen LogP contribution in [-0.2, 0) is 12.7 Å². The number of piperidine rings is 1. The number of carbonyl (C=O) groups excluding carboxylic acids is 1. The van der Waals surface area contributed by atoms with Crippen LogP contribution in [0.15, 0.2) is 48.8 Å². The lowest BCUT2D eigenvalue weighted by molar-refractivity contribution is -0.137. The number of hydrazine groups is 2. The van der Waals surface area contributed by atoms with Crippen LogP contribution in [-0.4, -0.2) is 52.4 Å². The Bertz CT molecular complexity index is 1430. The number of likely N-dealkylation sites (tertiary alicyclic amines) is 1. The quantitative estimate of drug-likeness (QED) is 0.352. The van der Waals surface area contributed by atoms with Crippen LogP contribution in [0.25, 0.3) is 5.70 Å². The Morgan fingerprint density at radius 3 is 2.55 bits per heavy atom. The van der Waals surface area contributed by atoms with Gasteiger partial charge in [0.2, 0.25) is 0 Å². The van der Waals surface area contributed by atoms with Crippen LogP contribution < -0.4 is 15.8 Å². The Labute approximate surface area is 229 Å². The van der Waals surface area contributed by atoms with Crippen LogP contribution in [0.2, 0.25) is 0 Å². The number of benzene rings is 2. The number of rotatable bonds is 6. The van der Waals surface area contributed by atoms with Crippen molar-refractivity contribution in [2.24, 2.45) is 0 Å². The van der Waals surface area contributed by atoms with Crippen molar-refractivity contribution < 1.29 is 22.4 Å². The molecule has 2 aliphatic heterocycles. The molecule has 212 valence electrons. The second-order valence-corrected chi connectivity index (χ2v) is 10.3. The maximum absolute atomic E-state index is 13.7. The van der Waals surface area contributed by atoms with Crippen molar-refractivity contribution in [2.45, 2.75) is 45.6 Å². The van der Waals surface area contributed by atoms with Gasteiger partial charge in [-0.1, -0.05) is 6.07 Å². The summed E-state index contributed by atoms with van der Waals surface area (Å²) in [5, 5.41) is 13.2. The van der Waals surface area contributed by atoms with Crippen LogP contribution in [0.3, 0.4) is 0 Å². The zero-order chi connectivity index (χ0) is 28.6. The van der Waals surface area contributed by atoms with Gasteiger partial charge in [-0.05, 0) is 68.1 Å². The predicted molar refractivity (Wildman–Crippen MR) is 145 cm³/mol. The summed E-state index contributed by atoms with van der Waals surface area (Å²) >= 11 is 0. The van der Waals surface area contributed by atoms with E-state index < -0.39 is 23.8 Å². The molecule has 8 nitrogen and oxygen atoms in total. The number of nitrogens with zero attached hydrogens (tertiary/aromatic N) is 4. The number of nitrogens with one attached hydrogen (secondary N) is 3. The lowest BCUT2D eigenvalue weighted by atomic mass is 10.0. The summed E-state index contributed by atoms with van der Waals surface area (Å²) < 4.78 is 54.6. The van der Waals surface area contributed by atoms with Gasteiger partial charge in [-0.15, -0.1) is 5.12 Å². The first-order chi connectivity index (χ1) is 19.0. The second-order valence-electron chi connectivity index (χ2n) is 10.3. The highest BCUT2D eigenvalue weighted by Gasteiger charge is 2.32. The number of halogens is 4. The molecule has 1 fully saturated rings. The van der Waals surface area contributed by atoms with Crippen molar-refractivity contribution in [2.75, 3.05) is 30.5 Å². The summed E-state index contributed by atoms with van der Waals surface area (Å²) in [6, 6.07) is 8.69. The SMILES string of the molecule is Cc1ccc(C(=O)Nc2cc(CN3CCC(F)CC3)cc(C(F)(F)F)c2)cc1N1C=C(c2cn[nH]c2C)NN1C. The average molecular weight is 558 g/mol. The first-order valence-electron chi connectivity index (χ1n) is 13.0. The highest BCUT2D eigenvalue weighted by Crippen LogP contribution is 2.33. The Balaban J connectivity index is 1.38. The second kappa shape index (κ2) is 10.9. The van der Waals surface area contributed by atoms with Gasteiger partial charge in [0.1, 0.15) is 6.17 Å². The number of amides is 1. The van der Waals surface area contributed by atoms with E-state index in [-0.39, 0.29) is 12.2 Å². The van der Waals surface area contributed by atoms with E-state index in [1.165, 1.54) is 0 Å². The molecule has 0 aliphatic carbocycles. The Morgan fingerprint density at radius 1 is 1.12 bits per heavy atom. The monoisotopic (exact) mass is 557 g/mol. The minimum absolute atomic E-state index is 0.0508. The highest BCUT2D eigenvalue weighted by atomic mass is 19.4. The molecule has 2 aliphatic rings. The minimum atomic E-state index is -4.58. The molecule has 2 aromatic carbocycles. The van der Waals surface area contributed by atoms with Crippen molar-refractivity contribution in [3.05, 3.63) is 82.3 Å². The molecule has 40 heavy (non-hydrogen) atoms. The summed E-state index contributed by atoms with van der Waals surface area (Å²) in [6.45, 7) is 5.01. The normalized spacial score (nSPS) is 17.2. The van der Waals surface area contributed by atoms with Gasteiger partial charge in [-0.2, -0.15) is 18.3 Å². The zero-order valence-electron chi connectivity index (χ0n) is 22.4. The average Bonchev–Trinajstić information content (AvgIpc) is 3.50. The number of hydrogen-bond acceptors (Lipinski definition) is 6. The number of aromatic nitrogens is 2. The van der Waals surface area contributed by atoms with Crippen LogP contribution in [0, 0.1) is 13.8 Å². The molecule has 0 unspecified atom stereocenters. The predicted octanol–water partition coefficient (Wildman–Crippen LogP) is 5.40. The fourth-order valence-electron chi connectivity index (χ4n) is 4.99. The summed E-state index contributed by atoms with van der Waals surface area (Å²) in [5.74, 6) is -0.533. The summed E-state index contributed by atoms with van der Waals surface area (Å²) in [6.07, 6.45) is -1.14. The molecule has 3 aromatic rings. The molecule has 3 heterocycles. The molecule has 5 rings (SSSR count). The number of hydrogen-bond donors (Lipinski definition) is 3. The molecule has 3 N–H and O–H groups in total. The minimum Gasteiger partial charge on any atom is -0.322 e. The van der Waals surface area contributed by atoms with Gasteiger partial charge >= 0.3 is 6.18 Å². The van der Waals surface area contributed by atoms with Gasteiger partial charge < -0.3 is 5.32 Å². The standard InChI is InChI=1S/C28H31F4N7O/c1-17-4-5-20(12-26(17)39-16-25(36-37(39)3)24-14-33-35-18(24)2)27(40)34-23-11-19(10-21(13-23)28(30,31)32)15-38-8-6-22(29)7-9-38/h4-5,10-14,16,22,36H,6-9,15H2,1-3H3,(H,33,35)(H,34,40).